The summed E-state index contributed by atoms with van der Waals surface area (Å²) in [6.07, 6.45) is 3.35. The summed E-state index contributed by atoms with van der Waals surface area (Å²) in [5, 5.41) is 4.20. The molecule has 1 aliphatic rings. The predicted molar refractivity (Wildman–Crippen MR) is 138 cm³/mol. The highest BCUT2D eigenvalue weighted by atomic mass is 35.5. The van der Waals surface area contributed by atoms with Crippen LogP contribution in [0.25, 0.3) is 17.0 Å². The van der Waals surface area contributed by atoms with Crippen LogP contribution < -0.4 is 10.2 Å². The Labute approximate surface area is 211 Å². The molecule has 35 heavy (non-hydrogen) atoms. The first-order chi connectivity index (χ1) is 16.8. The third-order valence-electron chi connectivity index (χ3n) is 5.87. The molecule has 0 saturated carbocycles. The standard InChI is InChI=1S/C27H19Cl2N3O3/c1-16-6-4-7-18(12-16)32-26(34)20(25(33)30-27(32)35)13-17-14-31(24-11-3-2-8-19(17)24)15-21-22(28)9-5-10-23(21)29/h2-14H,15H2,1H3,(H,30,33,35)/b20-13+. The Morgan fingerprint density at radius 1 is 0.914 bits per heavy atom. The Bertz CT molecular complexity index is 1530. The lowest BCUT2D eigenvalue weighted by molar-refractivity contribution is -0.122. The van der Waals surface area contributed by atoms with Crippen LogP contribution in [0.2, 0.25) is 10.0 Å². The molecule has 4 aromatic rings. The Hall–Kier alpha value is -3.87. The van der Waals surface area contributed by atoms with E-state index < -0.39 is 17.8 Å². The van der Waals surface area contributed by atoms with Gasteiger partial charge in [0.15, 0.2) is 0 Å². The van der Waals surface area contributed by atoms with Crippen molar-refractivity contribution in [3.8, 4) is 0 Å². The number of nitrogens with one attached hydrogen (secondary N) is 1. The molecule has 8 heteroatoms. The topological polar surface area (TPSA) is 71.4 Å². The van der Waals surface area contributed by atoms with Crippen LogP contribution in [0.4, 0.5) is 10.5 Å². The van der Waals surface area contributed by atoms with Crippen molar-refractivity contribution in [3.05, 3.63) is 105 Å². The van der Waals surface area contributed by atoms with E-state index in [1.54, 1.807) is 36.4 Å². The lowest BCUT2D eigenvalue weighted by Crippen LogP contribution is -2.54. The molecule has 0 radical (unpaired) electrons. The first-order valence-corrected chi connectivity index (χ1v) is 11.6. The molecule has 3 aromatic carbocycles. The van der Waals surface area contributed by atoms with E-state index in [0.717, 1.165) is 26.9 Å². The summed E-state index contributed by atoms with van der Waals surface area (Å²) in [6.45, 7) is 2.26. The molecule has 5 rings (SSSR count). The molecule has 1 N–H and O–H groups in total. The zero-order chi connectivity index (χ0) is 24.7. The highest BCUT2D eigenvalue weighted by Gasteiger charge is 2.37. The fraction of sp³-hybridized carbons (Fsp3) is 0.0741. The van der Waals surface area contributed by atoms with Crippen LogP contribution in [0.1, 0.15) is 16.7 Å². The van der Waals surface area contributed by atoms with Gasteiger partial charge in [-0.2, -0.15) is 0 Å². The second-order valence-corrected chi connectivity index (χ2v) is 9.04. The number of urea groups is 1. The Kier molecular flexibility index (Phi) is 5.93. The van der Waals surface area contributed by atoms with Crippen molar-refractivity contribution < 1.29 is 14.4 Å². The van der Waals surface area contributed by atoms with Gasteiger partial charge in [0.05, 0.1) is 12.2 Å². The molecule has 0 atom stereocenters. The Morgan fingerprint density at radius 2 is 1.63 bits per heavy atom. The number of halogens is 2. The zero-order valence-electron chi connectivity index (χ0n) is 18.6. The van der Waals surface area contributed by atoms with E-state index in [-0.39, 0.29) is 5.57 Å². The highest BCUT2D eigenvalue weighted by Crippen LogP contribution is 2.30. The maximum atomic E-state index is 13.3. The van der Waals surface area contributed by atoms with Crippen molar-refractivity contribution in [2.45, 2.75) is 13.5 Å². The number of barbiturate groups is 1. The maximum absolute atomic E-state index is 13.3. The summed E-state index contributed by atoms with van der Waals surface area (Å²) in [6, 6.07) is 19.2. The SMILES string of the molecule is Cc1cccc(N2C(=O)NC(=O)/C(=C\c3cn(Cc4c(Cl)cccc4Cl)c4ccccc34)C2=O)c1. The number of rotatable bonds is 4. The van der Waals surface area contributed by atoms with Crippen molar-refractivity contribution in [1.82, 2.24) is 9.88 Å². The van der Waals surface area contributed by atoms with Crippen LogP contribution in [-0.2, 0) is 16.1 Å². The number of amides is 4. The summed E-state index contributed by atoms with van der Waals surface area (Å²) in [5.74, 6) is -1.43. The number of imide groups is 2. The van der Waals surface area contributed by atoms with Crippen molar-refractivity contribution >= 4 is 63.7 Å². The number of benzene rings is 3. The van der Waals surface area contributed by atoms with Crippen molar-refractivity contribution in [1.29, 1.82) is 0 Å². The monoisotopic (exact) mass is 503 g/mol. The molecule has 0 spiro atoms. The minimum absolute atomic E-state index is 0.134. The quantitative estimate of drug-likeness (QED) is 0.275. The van der Waals surface area contributed by atoms with Crippen LogP contribution >= 0.6 is 23.2 Å². The molecule has 1 aromatic heterocycles. The summed E-state index contributed by atoms with van der Waals surface area (Å²) < 4.78 is 1.96. The fourth-order valence-corrected chi connectivity index (χ4v) is 4.71. The van der Waals surface area contributed by atoms with Crippen molar-refractivity contribution in [3.63, 3.8) is 0 Å². The largest absolute Gasteiger partial charge is 0.342 e. The lowest BCUT2D eigenvalue weighted by atomic mass is 10.1. The van der Waals surface area contributed by atoms with E-state index in [2.05, 4.69) is 5.32 Å². The van der Waals surface area contributed by atoms with E-state index >= 15 is 0 Å². The molecule has 0 unspecified atom stereocenters. The first kappa shape index (κ1) is 22.9. The summed E-state index contributed by atoms with van der Waals surface area (Å²) in [7, 11) is 0. The van der Waals surface area contributed by atoms with Crippen LogP contribution in [0, 0.1) is 6.92 Å². The number of aryl methyl sites for hydroxylation is 1. The average molecular weight is 504 g/mol. The number of aromatic nitrogens is 1. The molecule has 6 nitrogen and oxygen atoms in total. The number of para-hydroxylation sites is 1. The molecule has 1 fully saturated rings. The number of carbonyl (C=O) groups is 3. The van der Waals surface area contributed by atoms with Gasteiger partial charge in [0.2, 0.25) is 0 Å². The molecule has 1 saturated heterocycles. The van der Waals surface area contributed by atoms with Gasteiger partial charge < -0.3 is 4.57 Å². The third kappa shape index (κ3) is 4.22. The summed E-state index contributed by atoms with van der Waals surface area (Å²) in [4.78, 5) is 39.5. The zero-order valence-corrected chi connectivity index (χ0v) is 20.1. The van der Waals surface area contributed by atoms with Crippen molar-refractivity contribution in [2.24, 2.45) is 0 Å². The Balaban J connectivity index is 1.59. The molecular formula is C27H19Cl2N3O3. The van der Waals surface area contributed by atoms with E-state index in [4.69, 9.17) is 23.2 Å². The molecule has 0 bridgehead atoms. The number of hydrogen-bond donors (Lipinski definition) is 1. The van der Waals surface area contributed by atoms with Gasteiger partial charge in [-0.15, -0.1) is 0 Å². The molecule has 174 valence electrons. The maximum Gasteiger partial charge on any atom is 0.335 e. The van der Waals surface area contributed by atoms with Gasteiger partial charge in [-0.05, 0) is 48.9 Å². The van der Waals surface area contributed by atoms with Gasteiger partial charge in [-0.25, -0.2) is 9.69 Å². The van der Waals surface area contributed by atoms with Crippen LogP contribution in [0.3, 0.4) is 0 Å². The second kappa shape index (κ2) is 9.06. The van der Waals surface area contributed by atoms with Gasteiger partial charge in [0.1, 0.15) is 5.57 Å². The van der Waals surface area contributed by atoms with E-state index in [0.29, 0.717) is 27.8 Å². The van der Waals surface area contributed by atoms with E-state index in [1.165, 1.54) is 6.08 Å². The number of fused-ring (bicyclic) bond motifs is 1. The van der Waals surface area contributed by atoms with Gasteiger partial charge >= 0.3 is 6.03 Å². The van der Waals surface area contributed by atoms with Gasteiger partial charge in [0, 0.05) is 38.3 Å². The van der Waals surface area contributed by atoms with Crippen molar-refractivity contribution in [2.75, 3.05) is 4.90 Å². The Morgan fingerprint density at radius 3 is 2.37 bits per heavy atom. The lowest BCUT2D eigenvalue weighted by Gasteiger charge is -2.26. The third-order valence-corrected chi connectivity index (χ3v) is 6.58. The number of carbonyl (C=O) groups excluding carboxylic acids is 3. The molecule has 1 aliphatic heterocycles. The average Bonchev–Trinajstić information content (AvgIpc) is 3.16. The number of hydrogen-bond acceptors (Lipinski definition) is 3. The summed E-state index contributed by atoms with van der Waals surface area (Å²) >= 11 is 12.8. The van der Waals surface area contributed by atoms with Gasteiger partial charge in [0.25, 0.3) is 11.8 Å². The van der Waals surface area contributed by atoms with Crippen LogP contribution in [-0.4, -0.2) is 22.4 Å². The van der Waals surface area contributed by atoms with Gasteiger partial charge in [-0.1, -0.05) is 59.6 Å². The second-order valence-electron chi connectivity index (χ2n) is 8.23. The summed E-state index contributed by atoms with van der Waals surface area (Å²) in [5.41, 5.74) is 3.43. The molecular weight excluding hydrogens is 485 g/mol. The fourth-order valence-electron chi connectivity index (χ4n) is 4.19. The predicted octanol–water partition coefficient (Wildman–Crippen LogP) is 5.97. The van der Waals surface area contributed by atoms with Gasteiger partial charge in [-0.3, -0.25) is 14.9 Å². The molecule has 0 aliphatic carbocycles. The number of nitrogens with zero attached hydrogens (tertiary/aromatic N) is 2. The minimum atomic E-state index is -0.779. The van der Waals surface area contributed by atoms with E-state index in [9.17, 15) is 14.4 Å². The first-order valence-electron chi connectivity index (χ1n) is 10.8. The van der Waals surface area contributed by atoms with Crippen LogP contribution in [0.5, 0.6) is 0 Å². The van der Waals surface area contributed by atoms with E-state index in [1.807, 2.05) is 48.0 Å². The molecule has 4 amide bonds. The smallest absolute Gasteiger partial charge is 0.335 e. The highest BCUT2D eigenvalue weighted by molar-refractivity contribution is 6.39. The molecule has 2 heterocycles. The normalized spacial score (nSPS) is 15.2. The van der Waals surface area contributed by atoms with Crippen LogP contribution in [0.15, 0.2) is 78.5 Å². The number of anilines is 1. The minimum Gasteiger partial charge on any atom is -0.342 e.